The van der Waals surface area contributed by atoms with Crippen LogP contribution in [0.1, 0.15) is 23.6 Å². The number of methoxy groups -OCH3 is 2. The van der Waals surface area contributed by atoms with E-state index in [-0.39, 0.29) is 11.9 Å². The fourth-order valence-corrected chi connectivity index (χ4v) is 4.75. The number of fused-ring (bicyclic) bond motifs is 1. The van der Waals surface area contributed by atoms with Crippen molar-refractivity contribution in [3.05, 3.63) is 71.8 Å². The van der Waals surface area contributed by atoms with Gasteiger partial charge in [0.2, 0.25) is 0 Å². The third kappa shape index (κ3) is 3.65. The van der Waals surface area contributed by atoms with E-state index in [2.05, 4.69) is 35.3 Å². The highest BCUT2D eigenvalue weighted by molar-refractivity contribution is 8.14. The third-order valence-electron chi connectivity index (χ3n) is 5.53. The summed E-state index contributed by atoms with van der Waals surface area (Å²) in [5.41, 5.74) is 3.06. The number of hydrazone groups is 1. The summed E-state index contributed by atoms with van der Waals surface area (Å²) in [6.07, 6.45) is 0.696. The summed E-state index contributed by atoms with van der Waals surface area (Å²) < 4.78 is 10.9. The molecule has 0 aromatic heterocycles. The number of thioether (sulfide) groups is 1. The second kappa shape index (κ2) is 8.07. The van der Waals surface area contributed by atoms with Crippen molar-refractivity contribution in [3.8, 4) is 11.5 Å². The first kappa shape index (κ1) is 19.6. The van der Waals surface area contributed by atoms with Crippen molar-refractivity contribution in [1.29, 1.82) is 0 Å². The summed E-state index contributed by atoms with van der Waals surface area (Å²) in [6.45, 7) is 0. The van der Waals surface area contributed by atoms with Crippen molar-refractivity contribution < 1.29 is 14.3 Å². The van der Waals surface area contributed by atoms with E-state index in [1.807, 2.05) is 35.3 Å². The van der Waals surface area contributed by atoms with Crippen LogP contribution in [-0.4, -0.2) is 41.8 Å². The van der Waals surface area contributed by atoms with Gasteiger partial charge in [0.15, 0.2) is 16.7 Å². The standard InChI is InChI=1S/C24H21N3O3S/c1-29-21-10-9-18(12-22(21)30-2)20-13-19(26-27(20)24-25-23(28)14-31-24)17-8-7-15-5-3-4-6-16(15)11-17/h3-12,20H,13-14H2,1-2H3. The molecule has 156 valence electrons. The summed E-state index contributed by atoms with van der Waals surface area (Å²) >= 11 is 1.43. The Morgan fingerprint density at radius 2 is 1.77 bits per heavy atom. The third-order valence-corrected chi connectivity index (χ3v) is 6.45. The van der Waals surface area contributed by atoms with E-state index < -0.39 is 0 Å². The molecule has 0 N–H and O–H groups in total. The highest BCUT2D eigenvalue weighted by atomic mass is 32.2. The number of rotatable bonds is 4. The average molecular weight is 432 g/mol. The van der Waals surface area contributed by atoms with Crippen LogP contribution in [0.5, 0.6) is 11.5 Å². The van der Waals surface area contributed by atoms with E-state index in [1.165, 1.54) is 22.5 Å². The minimum atomic E-state index is -0.125. The van der Waals surface area contributed by atoms with Crippen molar-refractivity contribution >= 4 is 39.3 Å². The van der Waals surface area contributed by atoms with Crippen molar-refractivity contribution in [2.24, 2.45) is 10.1 Å². The molecule has 2 aliphatic heterocycles. The van der Waals surface area contributed by atoms with Crippen LogP contribution in [-0.2, 0) is 4.79 Å². The molecule has 2 heterocycles. The number of amides is 1. The van der Waals surface area contributed by atoms with Gasteiger partial charge in [-0.3, -0.25) is 4.79 Å². The van der Waals surface area contributed by atoms with Gasteiger partial charge in [-0.25, -0.2) is 5.01 Å². The second-order valence-electron chi connectivity index (χ2n) is 7.36. The van der Waals surface area contributed by atoms with E-state index in [0.29, 0.717) is 28.8 Å². The molecule has 5 rings (SSSR count). The Labute approximate surface area is 184 Å². The summed E-state index contributed by atoms with van der Waals surface area (Å²) in [5, 5.41) is 9.79. The molecule has 31 heavy (non-hydrogen) atoms. The Bertz CT molecular complexity index is 1240. The van der Waals surface area contributed by atoms with Crippen LogP contribution in [0, 0.1) is 0 Å². The lowest BCUT2D eigenvalue weighted by molar-refractivity contribution is -0.115. The van der Waals surface area contributed by atoms with Gasteiger partial charge in [-0.1, -0.05) is 54.2 Å². The molecule has 2 aliphatic rings. The molecule has 0 aliphatic carbocycles. The number of nitrogens with zero attached hydrogens (tertiary/aromatic N) is 3. The molecule has 3 aromatic carbocycles. The normalized spacial score (nSPS) is 18.3. The first-order chi connectivity index (χ1) is 15.2. The molecule has 0 saturated carbocycles. The zero-order valence-electron chi connectivity index (χ0n) is 17.2. The molecule has 6 nitrogen and oxygen atoms in total. The SMILES string of the molecule is COc1ccc(C2CC(c3ccc4ccccc4c3)=NN2C2=NC(=O)CS2)cc1OC. The minimum Gasteiger partial charge on any atom is -0.493 e. The van der Waals surface area contributed by atoms with E-state index in [9.17, 15) is 4.79 Å². The monoisotopic (exact) mass is 431 g/mol. The second-order valence-corrected chi connectivity index (χ2v) is 8.31. The molecule has 0 spiro atoms. The van der Waals surface area contributed by atoms with Crippen LogP contribution in [0.3, 0.4) is 0 Å². The van der Waals surface area contributed by atoms with Gasteiger partial charge in [-0.15, -0.1) is 0 Å². The molecule has 0 bridgehead atoms. The number of aliphatic imine (C=N–C) groups is 1. The van der Waals surface area contributed by atoms with Crippen molar-refractivity contribution in [3.63, 3.8) is 0 Å². The molecule has 7 heteroatoms. The van der Waals surface area contributed by atoms with Crippen LogP contribution in [0.15, 0.2) is 70.8 Å². The maximum Gasteiger partial charge on any atom is 0.258 e. The maximum absolute atomic E-state index is 11.8. The van der Waals surface area contributed by atoms with Crippen molar-refractivity contribution in [2.75, 3.05) is 20.0 Å². The molecule has 1 atom stereocenters. The number of carbonyl (C=O) groups is 1. The lowest BCUT2D eigenvalue weighted by atomic mass is 9.97. The summed E-state index contributed by atoms with van der Waals surface area (Å²) in [6, 6.07) is 20.5. The quantitative estimate of drug-likeness (QED) is 0.602. The van der Waals surface area contributed by atoms with Crippen LogP contribution in [0.25, 0.3) is 10.8 Å². The fraction of sp³-hybridized carbons (Fsp3) is 0.208. The molecule has 0 saturated heterocycles. The number of carbonyl (C=O) groups excluding carboxylic acids is 1. The largest absolute Gasteiger partial charge is 0.493 e. The molecule has 1 unspecified atom stereocenters. The first-order valence-corrected chi connectivity index (χ1v) is 11.0. The lowest BCUT2D eigenvalue weighted by Crippen LogP contribution is -2.23. The Morgan fingerprint density at radius 3 is 2.52 bits per heavy atom. The number of hydrogen-bond acceptors (Lipinski definition) is 6. The average Bonchev–Trinajstić information content (AvgIpc) is 3.44. The van der Waals surface area contributed by atoms with E-state index >= 15 is 0 Å². The Kier molecular flexibility index (Phi) is 5.11. The van der Waals surface area contributed by atoms with E-state index in [0.717, 1.165) is 16.8 Å². The Hall–Kier alpha value is -3.32. The Balaban J connectivity index is 1.55. The topological polar surface area (TPSA) is 63.5 Å². The summed E-state index contributed by atoms with van der Waals surface area (Å²) in [7, 11) is 3.25. The highest BCUT2D eigenvalue weighted by Crippen LogP contribution is 2.39. The van der Waals surface area contributed by atoms with Gasteiger partial charge < -0.3 is 9.47 Å². The predicted molar refractivity (Wildman–Crippen MR) is 124 cm³/mol. The van der Waals surface area contributed by atoms with E-state index in [1.54, 1.807) is 14.2 Å². The van der Waals surface area contributed by atoms with E-state index in [4.69, 9.17) is 14.6 Å². The van der Waals surface area contributed by atoms with Gasteiger partial charge in [-0.2, -0.15) is 10.1 Å². The number of hydrogen-bond donors (Lipinski definition) is 0. The molecule has 0 radical (unpaired) electrons. The number of benzene rings is 3. The van der Waals surface area contributed by atoms with Gasteiger partial charge in [0, 0.05) is 6.42 Å². The van der Waals surface area contributed by atoms with Crippen LogP contribution < -0.4 is 9.47 Å². The molecule has 1 amide bonds. The zero-order valence-corrected chi connectivity index (χ0v) is 18.1. The van der Waals surface area contributed by atoms with Crippen LogP contribution >= 0.6 is 11.8 Å². The van der Waals surface area contributed by atoms with Crippen LogP contribution in [0.4, 0.5) is 0 Å². The molecule has 3 aromatic rings. The number of amidine groups is 1. The summed E-state index contributed by atoms with van der Waals surface area (Å²) in [4.78, 5) is 16.0. The van der Waals surface area contributed by atoms with Gasteiger partial charge in [-0.05, 0) is 40.1 Å². The maximum atomic E-state index is 11.8. The zero-order chi connectivity index (χ0) is 21.4. The fourth-order valence-electron chi connectivity index (χ4n) is 3.96. The minimum absolute atomic E-state index is 0.0848. The van der Waals surface area contributed by atoms with Crippen molar-refractivity contribution in [1.82, 2.24) is 5.01 Å². The van der Waals surface area contributed by atoms with Gasteiger partial charge in [0.25, 0.3) is 5.91 Å². The van der Waals surface area contributed by atoms with Gasteiger partial charge >= 0.3 is 0 Å². The molecular formula is C24H21N3O3S. The Morgan fingerprint density at radius 1 is 0.968 bits per heavy atom. The van der Waals surface area contributed by atoms with Gasteiger partial charge in [0.05, 0.1) is 31.7 Å². The lowest BCUT2D eigenvalue weighted by Gasteiger charge is -2.23. The smallest absolute Gasteiger partial charge is 0.258 e. The number of ether oxygens (including phenoxy) is 2. The first-order valence-electron chi connectivity index (χ1n) is 9.98. The molecular weight excluding hydrogens is 410 g/mol. The van der Waals surface area contributed by atoms with Gasteiger partial charge in [0.1, 0.15) is 0 Å². The predicted octanol–water partition coefficient (Wildman–Crippen LogP) is 4.64. The highest BCUT2D eigenvalue weighted by Gasteiger charge is 2.35. The van der Waals surface area contributed by atoms with Crippen LogP contribution in [0.2, 0.25) is 0 Å². The van der Waals surface area contributed by atoms with Crippen molar-refractivity contribution in [2.45, 2.75) is 12.5 Å². The summed E-state index contributed by atoms with van der Waals surface area (Å²) in [5.74, 6) is 1.57. The molecule has 0 fully saturated rings.